The first-order chi connectivity index (χ1) is 17.6. The quantitative estimate of drug-likeness (QED) is 0.269. The van der Waals surface area contributed by atoms with E-state index in [1.807, 2.05) is 36.4 Å². The minimum absolute atomic E-state index is 0.125. The second kappa shape index (κ2) is 7.37. The highest BCUT2D eigenvalue weighted by molar-refractivity contribution is 6.15. The molecule has 2 heterocycles. The van der Waals surface area contributed by atoms with Gasteiger partial charge in [-0.05, 0) is 22.8 Å². The van der Waals surface area contributed by atoms with Crippen LogP contribution in [0.4, 0.5) is 0 Å². The molecule has 0 saturated carbocycles. The van der Waals surface area contributed by atoms with Crippen LogP contribution in [0.2, 0.25) is 0 Å². The number of para-hydroxylation sites is 1. The van der Waals surface area contributed by atoms with Gasteiger partial charge in [0.1, 0.15) is 11.6 Å². The van der Waals surface area contributed by atoms with Crippen LogP contribution in [0.3, 0.4) is 0 Å². The number of benzene rings is 4. The van der Waals surface area contributed by atoms with E-state index in [9.17, 15) is 5.26 Å². The normalized spacial score (nSPS) is 13.5. The molecule has 1 aliphatic rings. The molecule has 0 aliphatic heterocycles. The van der Waals surface area contributed by atoms with E-state index in [4.69, 9.17) is 4.98 Å². The molecule has 0 unspecified atom stereocenters. The van der Waals surface area contributed by atoms with Gasteiger partial charge in [0.25, 0.3) is 0 Å². The summed E-state index contributed by atoms with van der Waals surface area (Å²) in [5, 5.41) is 12.4. The Hall–Kier alpha value is -4.75. The van der Waals surface area contributed by atoms with Gasteiger partial charge < -0.3 is 0 Å². The Morgan fingerprint density at radius 1 is 0.778 bits per heavy atom. The molecule has 0 N–H and O–H groups in total. The molecule has 0 atom stereocenters. The first kappa shape index (κ1) is 20.6. The number of hydrogen-bond donors (Lipinski definition) is 0. The number of nitriles is 1. The molecule has 0 amide bonds. The molecular formula is C32H22N4. The third-order valence-corrected chi connectivity index (χ3v) is 7.51. The van der Waals surface area contributed by atoms with Crippen LogP contribution < -0.4 is 0 Å². The first-order valence-electron chi connectivity index (χ1n) is 12.1. The van der Waals surface area contributed by atoms with Crippen molar-refractivity contribution in [1.29, 1.82) is 5.26 Å². The van der Waals surface area contributed by atoms with E-state index in [0.717, 1.165) is 27.4 Å². The molecule has 0 bridgehead atoms. The SMILES string of the molecule is CC1(C)c2ccccc2-c2c1ccc1c3ccccc3n(-c3nc(-c4ccccc4)ncc3C#N)c21. The summed E-state index contributed by atoms with van der Waals surface area (Å²) in [5.41, 5.74) is 8.41. The monoisotopic (exact) mass is 462 g/mol. The Kier molecular flexibility index (Phi) is 4.22. The fourth-order valence-electron chi connectivity index (χ4n) is 5.81. The van der Waals surface area contributed by atoms with E-state index in [1.165, 1.54) is 22.3 Å². The zero-order valence-electron chi connectivity index (χ0n) is 20.0. The van der Waals surface area contributed by atoms with Crippen molar-refractivity contribution in [3.63, 3.8) is 0 Å². The molecular weight excluding hydrogens is 440 g/mol. The van der Waals surface area contributed by atoms with Crippen LogP contribution in [0.25, 0.3) is 50.1 Å². The third kappa shape index (κ3) is 2.68. The van der Waals surface area contributed by atoms with E-state index in [2.05, 4.69) is 84.1 Å². The van der Waals surface area contributed by atoms with Gasteiger partial charge in [0.15, 0.2) is 11.6 Å². The summed E-state index contributed by atoms with van der Waals surface area (Å²) >= 11 is 0. The minimum atomic E-state index is -0.125. The maximum atomic E-state index is 10.1. The van der Waals surface area contributed by atoms with Gasteiger partial charge in [-0.15, -0.1) is 0 Å². The number of hydrogen-bond acceptors (Lipinski definition) is 3. The second-order valence-electron chi connectivity index (χ2n) is 9.82. The predicted octanol–water partition coefficient (Wildman–Crippen LogP) is 7.42. The first-order valence-corrected chi connectivity index (χ1v) is 12.1. The maximum absolute atomic E-state index is 10.1. The van der Waals surface area contributed by atoms with Gasteiger partial charge in [0.2, 0.25) is 0 Å². The standard InChI is InChI=1S/C32H22N4/c1-32(2)25-14-8-6-13-24(25)28-26(32)17-16-23-22-12-7-9-15-27(22)36(29(23)28)31-21(18-33)19-34-30(35-31)20-10-4-3-5-11-20/h3-17,19H,1-2H3. The summed E-state index contributed by atoms with van der Waals surface area (Å²) in [4.78, 5) is 9.54. The average Bonchev–Trinajstić information content (AvgIpc) is 3.38. The Morgan fingerprint density at radius 2 is 1.53 bits per heavy atom. The van der Waals surface area contributed by atoms with Crippen LogP contribution in [0.15, 0.2) is 97.2 Å². The smallest absolute Gasteiger partial charge is 0.161 e. The van der Waals surface area contributed by atoms with Crippen molar-refractivity contribution in [1.82, 2.24) is 14.5 Å². The molecule has 4 aromatic carbocycles. The van der Waals surface area contributed by atoms with Gasteiger partial charge in [0.05, 0.1) is 17.2 Å². The van der Waals surface area contributed by atoms with Crippen molar-refractivity contribution in [2.75, 3.05) is 0 Å². The lowest BCUT2D eigenvalue weighted by Crippen LogP contribution is -2.14. The number of fused-ring (bicyclic) bond motifs is 7. The molecule has 170 valence electrons. The van der Waals surface area contributed by atoms with Crippen molar-refractivity contribution in [2.45, 2.75) is 19.3 Å². The highest BCUT2D eigenvalue weighted by Crippen LogP contribution is 2.52. The van der Waals surface area contributed by atoms with Crippen LogP contribution in [0.1, 0.15) is 30.5 Å². The van der Waals surface area contributed by atoms with Gasteiger partial charge in [-0.3, -0.25) is 4.57 Å². The fraction of sp³-hybridized carbons (Fsp3) is 0.0938. The molecule has 2 aromatic heterocycles. The molecule has 0 saturated heterocycles. The molecule has 0 radical (unpaired) electrons. The van der Waals surface area contributed by atoms with Crippen LogP contribution >= 0.6 is 0 Å². The van der Waals surface area contributed by atoms with Gasteiger partial charge >= 0.3 is 0 Å². The highest BCUT2D eigenvalue weighted by Gasteiger charge is 2.37. The van der Waals surface area contributed by atoms with E-state index >= 15 is 0 Å². The molecule has 6 aromatic rings. The lowest BCUT2D eigenvalue weighted by Gasteiger charge is -2.21. The maximum Gasteiger partial charge on any atom is 0.161 e. The summed E-state index contributed by atoms with van der Waals surface area (Å²) in [6, 6.07) is 33.8. The fourth-order valence-corrected chi connectivity index (χ4v) is 5.81. The van der Waals surface area contributed by atoms with Gasteiger partial charge in [-0.2, -0.15) is 5.26 Å². The van der Waals surface area contributed by atoms with Gasteiger partial charge in [0, 0.05) is 27.3 Å². The summed E-state index contributed by atoms with van der Waals surface area (Å²) in [6.45, 7) is 4.57. The Balaban J connectivity index is 1.67. The predicted molar refractivity (Wildman–Crippen MR) is 144 cm³/mol. The number of rotatable bonds is 2. The Labute approximate surface area is 209 Å². The van der Waals surface area contributed by atoms with Crippen LogP contribution in [-0.4, -0.2) is 14.5 Å². The van der Waals surface area contributed by atoms with Crippen molar-refractivity contribution in [2.24, 2.45) is 0 Å². The topological polar surface area (TPSA) is 54.5 Å². The lowest BCUT2D eigenvalue weighted by atomic mass is 9.82. The summed E-state index contributed by atoms with van der Waals surface area (Å²) in [6.07, 6.45) is 1.65. The van der Waals surface area contributed by atoms with E-state index in [-0.39, 0.29) is 5.41 Å². The highest BCUT2D eigenvalue weighted by atomic mass is 15.1. The average molecular weight is 463 g/mol. The third-order valence-electron chi connectivity index (χ3n) is 7.51. The van der Waals surface area contributed by atoms with Gasteiger partial charge in [-0.25, -0.2) is 9.97 Å². The molecule has 4 heteroatoms. The molecule has 1 aliphatic carbocycles. The summed E-state index contributed by atoms with van der Waals surface area (Å²) < 4.78 is 2.17. The van der Waals surface area contributed by atoms with Crippen molar-refractivity contribution in [3.8, 4) is 34.4 Å². The second-order valence-corrected chi connectivity index (χ2v) is 9.82. The minimum Gasteiger partial charge on any atom is -0.292 e. The molecule has 7 rings (SSSR count). The molecule has 36 heavy (non-hydrogen) atoms. The van der Waals surface area contributed by atoms with Crippen molar-refractivity contribution in [3.05, 3.63) is 114 Å². The Morgan fingerprint density at radius 3 is 2.36 bits per heavy atom. The number of nitrogens with zero attached hydrogens (tertiary/aromatic N) is 4. The van der Waals surface area contributed by atoms with E-state index < -0.39 is 0 Å². The van der Waals surface area contributed by atoms with Crippen molar-refractivity contribution >= 4 is 21.8 Å². The zero-order valence-corrected chi connectivity index (χ0v) is 20.0. The Bertz CT molecular complexity index is 1870. The van der Waals surface area contributed by atoms with Crippen LogP contribution in [0, 0.1) is 11.3 Å². The molecule has 0 spiro atoms. The summed E-state index contributed by atoms with van der Waals surface area (Å²) in [7, 11) is 0. The van der Waals surface area contributed by atoms with Crippen molar-refractivity contribution < 1.29 is 0 Å². The van der Waals surface area contributed by atoms with E-state index in [1.54, 1.807) is 6.20 Å². The number of aromatic nitrogens is 3. The van der Waals surface area contributed by atoms with Gasteiger partial charge in [-0.1, -0.05) is 98.8 Å². The van der Waals surface area contributed by atoms with E-state index in [0.29, 0.717) is 17.2 Å². The van der Waals surface area contributed by atoms with Crippen LogP contribution in [-0.2, 0) is 5.41 Å². The molecule has 4 nitrogen and oxygen atoms in total. The largest absolute Gasteiger partial charge is 0.292 e. The summed E-state index contributed by atoms with van der Waals surface area (Å²) in [5.74, 6) is 1.21. The van der Waals surface area contributed by atoms with Crippen LogP contribution in [0.5, 0.6) is 0 Å². The lowest BCUT2D eigenvalue weighted by molar-refractivity contribution is 0.661. The zero-order chi connectivity index (χ0) is 24.4. The molecule has 0 fully saturated rings.